The quantitative estimate of drug-likeness (QED) is 0.267. The van der Waals surface area contributed by atoms with Crippen LogP contribution in [0, 0.1) is 11.5 Å². The van der Waals surface area contributed by atoms with Gasteiger partial charge in [-0.1, -0.05) is 11.6 Å². The second-order valence-corrected chi connectivity index (χ2v) is 2.11. The van der Waals surface area contributed by atoms with Crippen LogP contribution in [0.3, 0.4) is 0 Å². The molecule has 0 bridgehead atoms. The molecule has 0 unspecified atom stereocenters. The molecular weight excluding hydrogens is 112 g/mol. The summed E-state index contributed by atoms with van der Waals surface area (Å²) in [5.41, 5.74) is 1.30. The Hall–Kier alpha value is -0.970. The Morgan fingerprint density at radius 1 is 1.67 bits per heavy atom. The maximum atomic E-state index is 8.05. The van der Waals surface area contributed by atoms with Gasteiger partial charge < -0.3 is 5.32 Å². The summed E-state index contributed by atoms with van der Waals surface area (Å²) >= 11 is 0. The second kappa shape index (κ2) is 5.17. The topological polar surface area (TPSA) is 35.8 Å². The van der Waals surface area contributed by atoms with E-state index in [0.29, 0.717) is 0 Å². The van der Waals surface area contributed by atoms with E-state index < -0.39 is 0 Å². The molecule has 0 saturated heterocycles. The molecule has 2 heteroatoms. The van der Waals surface area contributed by atoms with Crippen molar-refractivity contribution in [3.8, 4) is 6.19 Å². The molecule has 0 aliphatic heterocycles. The average Bonchev–Trinajstić information content (AvgIpc) is 1.80. The zero-order chi connectivity index (χ0) is 7.11. The van der Waals surface area contributed by atoms with Crippen molar-refractivity contribution >= 4 is 0 Å². The summed E-state index contributed by atoms with van der Waals surface area (Å²) in [6.45, 7) is 4.85. The van der Waals surface area contributed by atoms with E-state index in [9.17, 15) is 0 Å². The third kappa shape index (κ3) is 7.03. The lowest BCUT2D eigenvalue weighted by Gasteiger charge is -1.90. The molecule has 0 saturated carbocycles. The molecule has 0 amide bonds. The van der Waals surface area contributed by atoms with Gasteiger partial charge in [0.1, 0.15) is 0 Å². The Labute approximate surface area is 56.2 Å². The van der Waals surface area contributed by atoms with Crippen molar-refractivity contribution in [1.29, 1.82) is 5.26 Å². The molecule has 0 aliphatic rings. The first-order valence-corrected chi connectivity index (χ1v) is 3.02. The van der Waals surface area contributed by atoms with Crippen LogP contribution in [0.5, 0.6) is 0 Å². The van der Waals surface area contributed by atoms with Gasteiger partial charge in [0.25, 0.3) is 0 Å². The van der Waals surface area contributed by atoms with Gasteiger partial charge in [-0.2, -0.15) is 5.26 Å². The highest BCUT2D eigenvalue weighted by molar-refractivity contribution is 4.93. The molecule has 1 N–H and O–H groups in total. The van der Waals surface area contributed by atoms with Crippen molar-refractivity contribution in [2.75, 3.05) is 6.54 Å². The number of allylic oxidation sites excluding steroid dienone is 1. The van der Waals surface area contributed by atoms with Crippen molar-refractivity contribution in [3.63, 3.8) is 0 Å². The minimum Gasteiger partial charge on any atom is -0.324 e. The van der Waals surface area contributed by atoms with Crippen LogP contribution >= 0.6 is 0 Å². The largest absolute Gasteiger partial charge is 0.324 e. The van der Waals surface area contributed by atoms with E-state index in [1.165, 1.54) is 5.57 Å². The molecule has 0 fully saturated rings. The van der Waals surface area contributed by atoms with Crippen LogP contribution < -0.4 is 5.32 Å². The Morgan fingerprint density at radius 3 is 2.78 bits per heavy atom. The fraction of sp³-hybridized carbons (Fsp3) is 0.571. The van der Waals surface area contributed by atoms with Crippen molar-refractivity contribution < 1.29 is 0 Å². The van der Waals surface area contributed by atoms with Gasteiger partial charge in [0, 0.05) is 6.54 Å². The third-order valence-corrected chi connectivity index (χ3v) is 0.901. The summed E-state index contributed by atoms with van der Waals surface area (Å²) < 4.78 is 0. The summed E-state index contributed by atoms with van der Waals surface area (Å²) in [6.07, 6.45) is 4.90. The second-order valence-electron chi connectivity index (χ2n) is 2.11. The highest BCUT2D eigenvalue weighted by Crippen LogP contribution is 1.90. The van der Waals surface area contributed by atoms with E-state index in [1.807, 2.05) is 20.0 Å². The molecular formula is C7H12N2. The predicted octanol–water partition coefficient (Wildman–Crippen LogP) is 1.41. The van der Waals surface area contributed by atoms with E-state index in [-0.39, 0.29) is 0 Å². The van der Waals surface area contributed by atoms with Gasteiger partial charge in [-0.05, 0) is 20.3 Å². The lowest BCUT2D eigenvalue weighted by atomic mass is 10.3. The highest BCUT2D eigenvalue weighted by atomic mass is 14.8. The van der Waals surface area contributed by atoms with Crippen molar-refractivity contribution in [3.05, 3.63) is 11.6 Å². The summed E-state index contributed by atoms with van der Waals surface area (Å²) in [5, 5.41) is 10.6. The minimum atomic E-state index is 0.752. The van der Waals surface area contributed by atoms with Crippen LogP contribution in [0.4, 0.5) is 0 Å². The number of rotatable bonds is 3. The van der Waals surface area contributed by atoms with Crippen LogP contribution in [0.15, 0.2) is 11.6 Å². The number of nitrogens with zero attached hydrogens (tertiary/aromatic N) is 1. The van der Waals surface area contributed by atoms with E-state index in [0.717, 1.165) is 13.0 Å². The highest BCUT2D eigenvalue weighted by Gasteiger charge is 1.78. The zero-order valence-electron chi connectivity index (χ0n) is 5.94. The van der Waals surface area contributed by atoms with Gasteiger partial charge in [-0.15, -0.1) is 0 Å². The van der Waals surface area contributed by atoms with E-state index in [4.69, 9.17) is 5.26 Å². The predicted molar refractivity (Wildman–Crippen MR) is 37.7 cm³/mol. The van der Waals surface area contributed by atoms with E-state index in [1.54, 1.807) is 0 Å². The first-order chi connectivity index (χ1) is 4.27. The minimum absolute atomic E-state index is 0.752. The molecule has 50 valence electrons. The van der Waals surface area contributed by atoms with Crippen molar-refractivity contribution in [1.82, 2.24) is 5.32 Å². The number of hydrogen-bond donors (Lipinski definition) is 1. The summed E-state index contributed by atoms with van der Waals surface area (Å²) in [5.74, 6) is 0. The first-order valence-electron chi connectivity index (χ1n) is 3.02. The van der Waals surface area contributed by atoms with Crippen molar-refractivity contribution in [2.45, 2.75) is 20.3 Å². The monoisotopic (exact) mass is 124 g/mol. The van der Waals surface area contributed by atoms with Gasteiger partial charge >= 0.3 is 0 Å². The SMILES string of the molecule is CC(C)=CCCNC#N. The third-order valence-electron chi connectivity index (χ3n) is 0.901. The smallest absolute Gasteiger partial charge is 0.176 e. The standard InChI is InChI=1S/C7H12N2/c1-7(2)4-3-5-9-6-8/h4,9H,3,5H2,1-2H3. The molecule has 0 aromatic heterocycles. The van der Waals surface area contributed by atoms with Crippen molar-refractivity contribution in [2.24, 2.45) is 0 Å². The van der Waals surface area contributed by atoms with Gasteiger partial charge in [0.05, 0.1) is 0 Å². The number of nitrogens with one attached hydrogen (secondary N) is 1. The average molecular weight is 124 g/mol. The van der Waals surface area contributed by atoms with Gasteiger partial charge in [-0.3, -0.25) is 0 Å². The Balaban J connectivity index is 3.12. The Kier molecular flexibility index (Phi) is 4.61. The fourth-order valence-electron chi connectivity index (χ4n) is 0.489. The number of hydrogen-bond acceptors (Lipinski definition) is 2. The van der Waals surface area contributed by atoms with E-state index in [2.05, 4.69) is 11.4 Å². The molecule has 0 spiro atoms. The molecule has 0 rings (SSSR count). The van der Waals surface area contributed by atoms with Crippen LogP contribution in [0.1, 0.15) is 20.3 Å². The maximum Gasteiger partial charge on any atom is 0.176 e. The van der Waals surface area contributed by atoms with Crippen LogP contribution in [0.2, 0.25) is 0 Å². The lowest BCUT2D eigenvalue weighted by Crippen LogP contribution is -2.05. The van der Waals surface area contributed by atoms with Crippen LogP contribution in [-0.4, -0.2) is 6.54 Å². The number of nitriles is 1. The fourth-order valence-corrected chi connectivity index (χ4v) is 0.489. The summed E-state index contributed by atoms with van der Waals surface area (Å²) in [7, 11) is 0. The first kappa shape index (κ1) is 8.03. The lowest BCUT2D eigenvalue weighted by molar-refractivity contribution is 0.860. The van der Waals surface area contributed by atoms with Gasteiger partial charge in [0.15, 0.2) is 6.19 Å². The molecule has 0 radical (unpaired) electrons. The molecule has 0 aromatic carbocycles. The molecule has 0 atom stereocenters. The summed E-state index contributed by atoms with van der Waals surface area (Å²) in [6, 6.07) is 0. The Morgan fingerprint density at radius 2 is 2.33 bits per heavy atom. The normalized spacial score (nSPS) is 7.67. The van der Waals surface area contributed by atoms with Gasteiger partial charge in [-0.25, -0.2) is 0 Å². The van der Waals surface area contributed by atoms with E-state index >= 15 is 0 Å². The summed E-state index contributed by atoms with van der Waals surface area (Å²) in [4.78, 5) is 0. The molecule has 2 nitrogen and oxygen atoms in total. The molecule has 0 aromatic rings. The molecule has 9 heavy (non-hydrogen) atoms. The van der Waals surface area contributed by atoms with Crippen LogP contribution in [0.25, 0.3) is 0 Å². The maximum absolute atomic E-state index is 8.05. The van der Waals surface area contributed by atoms with Crippen LogP contribution in [-0.2, 0) is 0 Å². The Bertz CT molecular complexity index is 126. The molecule has 0 heterocycles. The zero-order valence-corrected chi connectivity index (χ0v) is 5.94. The molecule has 0 aliphatic carbocycles. The van der Waals surface area contributed by atoms with Gasteiger partial charge in [0.2, 0.25) is 0 Å².